The van der Waals surface area contributed by atoms with Gasteiger partial charge in [-0.3, -0.25) is 14.6 Å². The third-order valence-electron chi connectivity index (χ3n) is 5.08. The molecular formula is C20H21N3O4. The van der Waals surface area contributed by atoms with E-state index >= 15 is 0 Å². The number of morpholine rings is 1. The topological polar surface area (TPSA) is 72.0 Å². The Labute approximate surface area is 157 Å². The summed E-state index contributed by atoms with van der Waals surface area (Å²) in [5.74, 6) is 0.585. The van der Waals surface area contributed by atoms with Crippen molar-refractivity contribution < 1.29 is 19.1 Å². The number of hydrogen-bond acceptors (Lipinski definition) is 5. The number of ether oxygens (including phenoxy) is 2. The minimum absolute atomic E-state index is 0.0476. The number of pyridine rings is 1. The summed E-state index contributed by atoms with van der Waals surface area (Å²) in [6, 6.07) is 10.7. The van der Waals surface area contributed by atoms with Crippen LogP contribution < -0.4 is 4.74 Å². The van der Waals surface area contributed by atoms with E-state index in [1.807, 2.05) is 17.0 Å². The quantitative estimate of drug-likeness (QED) is 0.816. The molecule has 2 fully saturated rings. The molecule has 140 valence electrons. The molecule has 0 aliphatic carbocycles. The molecule has 0 bridgehead atoms. The molecule has 2 aliphatic rings. The number of fused-ring (bicyclic) bond motifs is 1. The van der Waals surface area contributed by atoms with Gasteiger partial charge in [-0.2, -0.15) is 0 Å². The van der Waals surface area contributed by atoms with Gasteiger partial charge in [0.1, 0.15) is 12.4 Å². The average molecular weight is 367 g/mol. The highest BCUT2D eigenvalue weighted by Crippen LogP contribution is 2.26. The van der Waals surface area contributed by atoms with E-state index in [1.165, 1.54) is 0 Å². The largest absolute Gasteiger partial charge is 0.497 e. The number of hydrogen-bond donors (Lipinski definition) is 0. The van der Waals surface area contributed by atoms with Crippen molar-refractivity contribution in [3.63, 3.8) is 0 Å². The number of rotatable bonds is 4. The second-order valence-electron chi connectivity index (χ2n) is 6.74. The third kappa shape index (κ3) is 3.50. The Bertz CT molecular complexity index is 825. The molecular weight excluding hydrogens is 346 g/mol. The Balaban J connectivity index is 1.49. The van der Waals surface area contributed by atoms with Gasteiger partial charge >= 0.3 is 0 Å². The number of carbonyl (C=O) groups is 2. The number of carbonyl (C=O) groups excluding carboxylic acids is 2. The first-order valence-electron chi connectivity index (χ1n) is 8.89. The van der Waals surface area contributed by atoms with Crippen molar-refractivity contribution in [3.05, 3.63) is 59.9 Å². The summed E-state index contributed by atoms with van der Waals surface area (Å²) in [5, 5.41) is 0. The van der Waals surface area contributed by atoms with Crippen molar-refractivity contribution >= 4 is 11.8 Å². The zero-order valence-corrected chi connectivity index (χ0v) is 15.1. The summed E-state index contributed by atoms with van der Waals surface area (Å²) in [6.45, 7) is 1.46. The Kier molecular flexibility index (Phi) is 4.77. The van der Waals surface area contributed by atoms with Crippen LogP contribution in [0.25, 0.3) is 0 Å². The van der Waals surface area contributed by atoms with E-state index in [0.29, 0.717) is 30.9 Å². The lowest BCUT2D eigenvalue weighted by Crippen LogP contribution is -2.53. The second kappa shape index (κ2) is 7.36. The fourth-order valence-corrected chi connectivity index (χ4v) is 3.64. The van der Waals surface area contributed by atoms with E-state index in [1.54, 1.807) is 48.7 Å². The van der Waals surface area contributed by atoms with Crippen molar-refractivity contribution in [1.82, 2.24) is 14.8 Å². The van der Waals surface area contributed by atoms with E-state index in [4.69, 9.17) is 9.47 Å². The first-order valence-corrected chi connectivity index (χ1v) is 8.89. The van der Waals surface area contributed by atoms with E-state index < -0.39 is 0 Å². The molecule has 4 rings (SSSR count). The molecule has 0 unspecified atom stereocenters. The summed E-state index contributed by atoms with van der Waals surface area (Å²) in [4.78, 5) is 33.0. The molecule has 0 N–H and O–H groups in total. The van der Waals surface area contributed by atoms with Crippen LogP contribution in [0.5, 0.6) is 5.75 Å². The number of benzene rings is 1. The van der Waals surface area contributed by atoms with Crippen LogP contribution in [0.2, 0.25) is 0 Å². The molecule has 2 aliphatic heterocycles. The van der Waals surface area contributed by atoms with E-state index in [2.05, 4.69) is 4.98 Å². The van der Waals surface area contributed by atoms with Gasteiger partial charge in [-0.25, -0.2) is 0 Å². The fraction of sp³-hybridized carbons (Fsp3) is 0.350. The number of aromatic nitrogens is 1. The summed E-state index contributed by atoms with van der Waals surface area (Å²) >= 11 is 0. The van der Waals surface area contributed by atoms with E-state index in [0.717, 1.165) is 5.56 Å². The molecule has 0 radical (unpaired) electrons. The molecule has 1 aromatic carbocycles. The van der Waals surface area contributed by atoms with Crippen molar-refractivity contribution in [2.45, 2.75) is 18.7 Å². The van der Waals surface area contributed by atoms with Gasteiger partial charge in [-0.1, -0.05) is 6.07 Å². The predicted octanol–water partition coefficient (Wildman–Crippen LogP) is 1.34. The van der Waals surface area contributed by atoms with Crippen LogP contribution in [-0.4, -0.2) is 65.6 Å². The molecule has 3 heterocycles. The molecule has 2 amide bonds. The van der Waals surface area contributed by atoms with Crippen LogP contribution >= 0.6 is 0 Å². The van der Waals surface area contributed by atoms with Gasteiger partial charge in [0, 0.05) is 37.6 Å². The molecule has 7 heteroatoms. The SMILES string of the molecule is COc1ccc(C(=O)N2C[C@@H]3OCC(=O)N(Cc4cccnc4)[C@@H]3C2)cc1. The van der Waals surface area contributed by atoms with Crippen molar-refractivity contribution in [3.8, 4) is 5.75 Å². The number of likely N-dealkylation sites (tertiary alicyclic amines) is 1. The maximum absolute atomic E-state index is 12.9. The van der Waals surface area contributed by atoms with Gasteiger partial charge in [0.2, 0.25) is 5.91 Å². The lowest BCUT2D eigenvalue weighted by atomic mass is 10.1. The van der Waals surface area contributed by atoms with Crippen molar-refractivity contribution in [2.24, 2.45) is 0 Å². The number of amides is 2. The van der Waals surface area contributed by atoms with Crippen LogP contribution in [0, 0.1) is 0 Å². The van der Waals surface area contributed by atoms with Gasteiger partial charge in [0.25, 0.3) is 5.91 Å². The molecule has 2 atom stereocenters. The predicted molar refractivity (Wildman–Crippen MR) is 97.2 cm³/mol. The maximum atomic E-state index is 12.9. The van der Waals surface area contributed by atoms with Gasteiger partial charge in [0.15, 0.2) is 0 Å². The molecule has 2 aromatic rings. The van der Waals surface area contributed by atoms with Crippen LogP contribution in [0.4, 0.5) is 0 Å². The monoisotopic (exact) mass is 367 g/mol. The van der Waals surface area contributed by atoms with Crippen LogP contribution in [-0.2, 0) is 16.1 Å². The highest BCUT2D eigenvalue weighted by atomic mass is 16.5. The molecule has 7 nitrogen and oxygen atoms in total. The van der Waals surface area contributed by atoms with E-state index in [-0.39, 0.29) is 30.6 Å². The average Bonchev–Trinajstić information content (AvgIpc) is 3.15. The Hall–Kier alpha value is -2.93. The van der Waals surface area contributed by atoms with Crippen LogP contribution in [0.3, 0.4) is 0 Å². The van der Waals surface area contributed by atoms with Crippen LogP contribution in [0.15, 0.2) is 48.8 Å². The lowest BCUT2D eigenvalue weighted by Gasteiger charge is -2.36. The van der Waals surface area contributed by atoms with Crippen molar-refractivity contribution in [2.75, 3.05) is 26.8 Å². The maximum Gasteiger partial charge on any atom is 0.254 e. The highest BCUT2D eigenvalue weighted by molar-refractivity contribution is 5.94. The first kappa shape index (κ1) is 17.5. The Morgan fingerprint density at radius 2 is 2.07 bits per heavy atom. The molecule has 0 spiro atoms. The number of methoxy groups -OCH3 is 1. The number of nitrogens with zero attached hydrogens (tertiary/aromatic N) is 3. The van der Waals surface area contributed by atoms with E-state index in [9.17, 15) is 9.59 Å². The van der Waals surface area contributed by atoms with Gasteiger partial charge in [0.05, 0.1) is 19.3 Å². The van der Waals surface area contributed by atoms with Gasteiger partial charge < -0.3 is 19.3 Å². The van der Waals surface area contributed by atoms with Crippen LogP contribution in [0.1, 0.15) is 15.9 Å². The summed E-state index contributed by atoms with van der Waals surface area (Å²) in [6.07, 6.45) is 3.30. The fourth-order valence-electron chi connectivity index (χ4n) is 3.64. The van der Waals surface area contributed by atoms with Crippen molar-refractivity contribution in [1.29, 1.82) is 0 Å². The lowest BCUT2D eigenvalue weighted by molar-refractivity contribution is -0.153. The first-order chi connectivity index (χ1) is 13.2. The van der Waals surface area contributed by atoms with Gasteiger partial charge in [-0.05, 0) is 35.9 Å². The molecule has 2 saturated heterocycles. The molecule has 27 heavy (non-hydrogen) atoms. The Morgan fingerprint density at radius 1 is 1.26 bits per heavy atom. The summed E-state index contributed by atoms with van der Waals surface area (Å²) < 4.78 is 10.9. The minimum Gasteiger partial charge on any atom is -0.497 e. The highest BCUT2D eigenvalue weighted by Gasteiger charge is 2.44. The van der Waals surface area contributed by atoms with Gasteiger partial charge in [-0.15, -0.1) is 0 Å². The summed E-state index contributed by atoms with van der Waals surface area (Å²) in [5.41, 5.74) is 1.56. The minimum atomic E-state index is -0.165. The smallest absolute Gasteiger partial charge is 0.254 e. The standard InChI is InChI=1S/C20H21N3O4/c1-26-16-6-4-15(5-7-16)20(25)22-11-17-18(12-22)27-13-19(24)23(17)10-14-3-2-8-21-9-14/h2-9,17-18H,10-13H2,1H3/t17-,18+/m1/s1. The zero-order valence-electron chi connectivity index (χ0n) is 15.1. The zero-order chi connectivity index (χ0) is 18.8. The molecule has 0 saturated carbocycles. The second-order valence-corrected chi connectivity index (χ2v) is 6.74. The third-order valence-corrected chi connectivity index (χ3v) is 5.08. The summed E-state index contributed by atoms with van der Waals surface area (Å²) in [7, 11) is 1.59. The normalized spacial score (nSPS) is 21.9. The Morgan fingerprint density at radius 3 is 2.78 bits per heavy atom. The molecule has 1 aromatic heterocycles.